The van der Waals surface area contributed by atoms with Gasteiger partial charge < -0.3 is 14.5 Å². The van der Waals surface area contributed by atoms with E-state index in [-0.39, 0.29) is 35.9 Å². The zero-order chi connectivity index (χ0) is 29.8. The maximum atomic E-state index is 13.8. The van der Waals surface area contributed by atoms with Crippen LogP contribution in [0.2, 0.25) is 0 Å². The number of hydrogen-bond donors (Lipinski definition) is 1. The number of aryl methyl sites for hydroxylation is 1. The second-order valence-corrected chi connectivity index (χ2v) is 11.6. The van der Waals surface area contributed by atoms with Crippen LogP contribution in [0.4, 0.5) is 0 Å². The number of hydrazone groups is 1. The molecule has 6 rings (SSSR count). The molecule has 0 radical (unpaired) electrons. The van der Waals surface area contributed by atoms with E-state index in [0.29, 0.717) is 28.8 Å². The minimum absolute atomic E-state index is 0.0785. The second kappa shape index (κ2) is 12.7. The lowest BCUT2D eigenvalue weighted by Crippen LogP contribution is -2.28. The van der Waals surface area contributed by atoms with E-state index in [0.717, 1.165) is 21.7 Å². The van der Waals surface area contributed by atoms with E-state index in [9.17, 15) is 9.59 Å². The molecule has 0 spiro atoms. The lowest BCUT2D eigenvalue weighted by atomic mass is 10.00. The lowest BCUT2D eigenvalue weighted by Gasteiger charge is -2.22. The van der Waals surface area contributed by atoms with Crippen molar-refractivity contribution >= 4 is 40.6 Å². The Morgan fingerprint density at radius 1 is 1.07 bits per heavy atom. The Morgan fingerprint density at radius 2 is 1.91 bits per heavy atom. The summed E-state index contributed by atoms with van der Waals surface area (Å²) in [5.41, 5.74) is 3.77. The predicted octanol–water partition coefficient (Wildman–Crippen LogP) is 5.64. The molecule has 1 N–H and O–H groups in total. The molecular weight excluding hydrogens is 585 g/mol. The summed E-state index contributed by atoms with van der Waals surface area (Å²) in [7, 11) is 1.58. The summed E-state index contributed by atoms with van der Waals surface area (Å²) >= 11 is 2.86. The average Bonchev–Trinajstić information content (AvgIpc) is 3.85. The number of thiophene rings is 1. The number of aromatic nitrogens is 3. The first kappa shape index (κ1) is 28.4. The molecule has 0 saturated heterocycles. The molecule has 1 aliphatic rings. The second-order valence-electron chi connectivity index (χ2n) is 9.75. The van der Waals surface area contributed by atoms with Crippen molar-refractivity contribution in [3.8, 4) is 11.4 Å². The number of rotatable bonds is 10. The molecule has 0 aliphatic carbocycles. The molecule has 0 saturated carbocycles. The Labute approximate surface area is 256 Å². The van der Waals surface area contributed by atoms with Gasteiger partial charge >= 0.3 is 0 Å². The van der Waals surface area contributed by atoms with Crippen molar-refractivity contribution < 1.29 is 18.7 Å². The number of carbonyl (C=O) groups excluding carboxylic acids is 2. The van der Waals surface area contributed by atoms with E-state index in [1.807, 2.05) is 48.7 Å². The zero-order valence-electron chi connectivity index (χ0n) is 23.5. The van der Waals surface area contributed by atoms with E-state index in [1.165, 1.54) is 18.0 Å². The topological polar surface area (TPSA) is 115 Å². The Bertz CT molecular complexity index is 1750. The summed E-state index contributed by atoms with van der Waals surface area (Å²) in [6, 6.07) is 22.7. The summed E-state index contributed by atoms with van der Waals surface area (Å²) in [6.07, 6.45) is 2.08. The third-order valence-electron chi connectivity index (χ3n) is 6.94. The monoisotopic (exact) mass is 612 g/mol. The number of furan rings is 1. The molecule has 218 valence electrons. The van der Waals surface area contributed by atoms with Gasteiger partial charge in [-0.15, -0.1) is 21.5 Å². The molecule has 2 aromatic carbocycles. The number of nitrogens with zero attached hydrogens (tertiary/aromatic N) is 5. The van der Waals surface area contributed by atoms with Gasteiger partial charge in [0.2, 0.25) is 0 Å². The van der Waals surface area contributed by atoms with Gasteiger partial charge in [0.05, 0.1) is 48.0 Å². The first-order valence-corrected chi connectivity index (χ1v) is 15.4. The van der Waals surface area contributed by atoms with E-state index in [1.54, 1.807) is 40.2 Å². The smallest absolute Gasteiger partial charge is 0.287 e. The minimum Gasteiger partial charge on any atom is -0.495 e. The van der Waals surface area contributed by atoms with E-state index < -0.39 is 0 Å². The number of amides is 2. The number of ether oxygens (including phenoxy) is 1. The van der Waals surface area contributed by atoms with Crippen molar-refractivity contribution in [2.45, 2.75) is 31.1 Å². The number of para-hydroxylation sites is 2. The van der Waals surface area contributed by atoms with Crippen LogP contribution in [0.15, 0.2) is 99.1 Å². The van der Waals surface area contributed by atoms with Gasteiger partial charge in [-0.1, -0.05) is 59.8 Å². The lowest BCUT2D eigenvalue weighted by molar-refractivity contribution is -0.130. The summed E-state index contributed by atoms with van der Waals surface area (Å²) in [5.74, 6) is 0.813. The highest BCUT2D eigenvalue weighted by Gasteiger charge is 2.33. The normalized spacial score (nSPS) is 14.5. The Hall–Kier alpha value is -4.68. The first-order chi connectivity index (χ1) is 21.0. The molecule has 0 fully saturated rings. The van der Waals surface area contributed by atoms with Gasteiger partial charge in [-0.05, 0) is 48.2 Å². The zero-order valence-corrected chi connectivity index (χ0v) is 25.1. The quantitative estimate of drug-likeness (QED) is 0.203. The number of benzene rings is 2. The standard InChI is InChI=1S/C31H28N6O4S2/c1-20-11-13-21(14-12-20)24-17-22(27-10-6-16-42-27)35-37(24)29(38)19-43-31-34-33-28(18-32-30(39)26-9-5-15-41-26)36(31)23-7-3-4-8-25(23)40-2/h3-16,24H,17-19H2,1-2H3,(H,32,39)/t24-/m1/s1. The van der Waals surface area contributed by atoms with Crippen molar-refractivity contribution in [3.05, 3.63) is 112 Å². The number of thioether (sulfide) groups is 1. The fraction of sp³-hybridized carbons (Fsp3) is 0.194. The first-order valence-electron chi connectivity index (χ1n) is 13.5. The summed E-state index contributed by atoms with van der Waals surface area (Å²) < 4.78 is 12.6. The molecule has 10 nitrogen and oxygen atoms in total. The Balaban J connectivity index is 1.26. The number of methoxy groups -OCH3 is 1. The maximum Gasteiger partial charge on any atom is 0.287 e. The van der Waals surface area contributed by atoms with Crippen LogP contribution in [-0.4, -0.2) is 50.2 Å². The fourth-order valence-electron chi connectivity index (χ4n) is 4.79. The average molecular weight is 613 g/mol. The molecular formula is C31H28N6O4S2. The van der Waals surface area contributed by atoms with Crippen molar-refractivity contribution in [2.24, 2.45) is 5.10 Å². The molecule has 5 aromatic rings. The van der Waals surface area contributed by atoms with Crippen LogP contribution in [0.3, 0.4) is 0 Å². The van der Waals surface area contributed by atoms with Crippen LogP contribution in [-0.2, 0) is 11.3 Å². The highest BCUT2D eigenvalue weighted by Crippen LogP contribution is 2.35. The maximum absolute atomic E-state index is 13.8. The van der Waals surface area contributed by atoms with Crippen LogP contribution in [0.1, 0.15) is 44.8 Å². The van der Waals surface area contributed by atoms with Gasteiger partial charge in [0.1, 0.15) is 5.75 Å². The molecule has 2 amide bonds. The van der Waals surface area contributed by atoms with E-state index in [4.69, 9.17) is 14.3 Å². The van der Waals surface area contributed by atoms with Crippen molar-refractivity contribution in [2.75, 3.05) is 12.9 Å². The van der Waals surface area contributed by atoms with Crippen LogP contribution < -0.4 is 10.1 Å². The molecule has 43 heavy (non-hydrogen) atoms. The van der Waals surface area contributed by atoms with Crippen LogP contribution >= 0.6 is 23.1 Å². The van der Waals surface area contributed by atoms with Gasteiger partial charge in [0.25, 0.3) is 11.8 Å². The van der Waals surface area contributed by atoms with Gasteiger partial charge in [-0.3, -0.25) is 14.2 Å². The SMILES string of the molecule is COc1ccccc1-n1c(CNC(=O)c2ccco2)nnc1SCC(=O)N1N=C(c2cccs2)C[C@@H]1c1ccc(C)cc1. The Morgan fingerprint density at radius 3 is 2.65 bits per heavy atom. The summed E-state index contributed by atoms with van der Waals surface area (Å²) in [5, 5.41) is 20.4. The number of hydrogen-bond acceptors (Lipinski definition) is 9. The van der Waals surface area contributed by atoms with Crippen LogP contribution in [0.25, 0.3) is 5.69 Å². The summed E-state index contributed by atoms with van der Waals surface area (Å²) in [4.78, 5) is 27.4. The van der Waals surface area contributed by atoms with Gasteiger partial charge in [0, 0.05) is 6.42 Å². The van der Waals surface area contributed by atoms with E-state index in [2.05, 4.69) is 39.8 Å². The molecule has 0 bridgehead atoms. The molecule has 12 heteroatoms. The molecule has 1 aliphatic heterocycles. The number of carbonyl (C=O) groups is 2. The van der Waals surface area contributed by atoms with E-state index >= 15 is 0 Å². The molecule has 3 aromatic heterocycles. The van der Waals surface area contributed by atoms with Crippen molar-refractivity contribution in [3.63, 3.8) is 0 Å². The van der Waals surface area contributed by atoms with Gasteiger partial charge in [-0.2, -0.15) is 5.10 Å². The van der Waals surface area contributed by atoms with Crippen LogP contribution in [0.5, 0.6) is 5.75 Å². The Kier molecular flexibility index (Phi) is 8.38. The highest BCUT2D eigenvalue weighted by atomic mass is 32.2. The minimum atomic E-state index is -0.375. The third-order valence-corrected chi connectivity index (χ3v) is 8.77. The largest absolute Gasteiger partial charge is 0.495 e. The molecule has 0 unspecified atom stereocenters. The van der Waals surface area contributed by atoms with Gasteiger partial charge in [0.15, 0.2) is 16.7 Å². The van der Waals surface area contributed by atoms with Crippen LogP contribution in [0, 0.1) is 6.92 Å². The van der Waals surface area contributed by atoms with Gasteiger partial charge in [-0.25, -0.2) is 5.01 Å². The molecule has 4 heterocycles. The summed E-state index contributed by atoms with van der Waals surface area (Å²) in [6.45, 7) is 2.12. The molecule has 1 atom stereocenters. The fourth-order valence-corrected chi connectivity index (χ4v) is 6.33. The predicted molar refractivity (Wildman–Crippen MR) is 165 cm³/mol. The number of nitrogens with one attached hydrogen (secondary N) is 1. The van der Waals surface area contributed by atoms with Crippen molar-refractivity contribution in [1.29, 1.82) is 0 Å². The van der Waals surface area contributed by atoms with Crippen molar-refractivity contribution in [1.82, 2.24) is 25.1 Å². The third kappa shape index (κ3) is 6.11. The highest BCUT2D eigenvalue weighted by molar-refractivity contribution is 7.99.